The lowest BCUT2D eigenvalue weighted by Crippen LogP contribution is -2.26. The number of rotatable bonds is 2. The molecule has 0 N–H and O–H groups in total. The molecule has 2 heterocycles. The van der Waals surface area contributed by atoms with Crippen molar-refractivity contribution in [2.45, 2.75) is 51.1 Å². The summed E-state index contributed by atoms with van der Waals surface area (Å²) >= 11 is 0. The third kappa shape index (κ3) is 3.46. The molecule has 1 fully saturated rings. The predicted octanol–water partition coefficient (Wildman–Crippen LogP) is 4.90. The van der Waals surface area contributed by atoms with Crippen LogP contribution in [-0.2, 0) is 12.6 Å². The number of alkyl halides is 5. The summed E-state index contributed by atoms with van der Waals surface area (Å²) in [5.74, 6) is -2.96. The van der Waals surface area contributed by atoms with Crippen LogP contribution in [0.5, 0.6) is 0 Å². The maximum Gasteiger partial charge on any atom is 0.435 e. The van der Waals surface area contributed by atoms with Crippen LogP contribution in [0.3, 0.4) is 0 Å². The first-order chi connectivity index (χ1) is 11.6. The van der Waals surface area contributed by atoms with E-state index in [0.717, 1.165) is 0 Å². The molecule has 0 radical (unpaired) electrons. The Balaban J connectivity index is 2.03. The van der Waals surface area contributed by atoms with Crippen LogP contribution < -0.4 is 0 Å². The quantitative estimate of drug-likeness (QED) is 0.717. The highest BCUT2D eigenvalue weighted by Crippen LogP contribution is 2.39. The van der Waals surface area contributed by atoms with E-state index in [0.29, 0.717) is 5.56 Å². The van der Waals surface area contributed by atoms with Crippen molar-refractivity contribution in [3.05, 3.63) is 34.8 Å². The van der Waals surface area contributed by atoms with Gasteiger partial charge in [-0.15, -0.1) is 0 Å². The highest BCUT2D eigenvalue weighted by atomic mass is 19.4. The molecular weight excluding hydrogens is 341 g/mol. The van der Waals surface area contributed by atoms with Gasteiger partial charge in [0.1, 0.15) is 5.65 Å². The molecule has 25 heavy (non-hydrogen) atoms. The zero-order valence-corrected chi connectivity index (χ0v) is 13.5. The number of aromatic nitrogens is 2. The van der Waals surface area contributed by atoms with Crippen LogP contribution in [0.25, 0.3) is 5.65 Å². The number of imidazole rings is 1. The lowest BCUT2D eigenvalue weighted by Gasteiger charge is -2.28. The van der Waals surface area contributed by atoms with E-state index in [1.807, 2.05) is 6.07 Å². The second-order valence-electron chi connectivity index (χ2n) is 6.62. The second-order valence-corrected chi connectivity index (χ2v) is 6.62. The average Bonchev–Trinajstić information content (AvgIpc) is 2.86. The number of pyridine rings is 1. The van der Waals surface area contributed by atoms with E-state index in [1.54, 1.807) is 6.92 Å². The predicted molar refractivity (Wildman–Crippen MR) is 80.3 cm³/mol. The molecule has 2 aromatic heterocycles. The summed E-state index contributed by atoms with van der Waals surface area (Å²) in [6, 6.07) is 3.25. The van der Waals surface area contributed by atoms with Crippen LogP contribution in [0.2, 0.25) is 0 Å². The van der Waals surface area contributed by atoms with Crippen LogP contribution >= 0.6 is 0 Å². The normalized spacial score (nSPS) is 18.4. The third-order valence-corrected chi connectivity index (χ3v) is 4.77. The lowest BCUT2D eigenvalue weighted by atomic mass is 9.83. The number of hydrogen-bond acceptors (Lipinski definition) is 2. The number of fused-ring (bicyclic) bond motifs is 1. The van der Waals surface area contributed by atoms with E-state index in [4.69, 9.17) is 5.26 Å². The lowest BCUT2D eigenvalue weighted by molar-refractivity contribution is -0.141. The van der Waals surface area contributed by atoms with Crippen molar-refractivity contribution < 1.29 is 22.0 Å². The largest absolute Gasteiger partial charge is 0.435 e. The van der Waals surface area contributed by atoms with Gasteiger partial charge in [-0.05, 0) is 43.7 Å². The van der Waals surface area contributed by atoms with Gasteiger partial charge in [0, 0.05) is 19.0 Å². The van der Waals surface area contributed by atoms with Crippen LogP contribution in [0, 0.1) is 24.2 Å². The SMILES string of the molecule is Cc1cn2c(CC3CCC(F)(F)CC3)c(C(F)(F)F)nc2cc1C#N. The van der Waals surface area contributed by atoms with Crippen molar-refractivity contribution in [1.29, 1.82) is 5.26 Å². The van der Waals surface area contributed by atoms with Crippen molar-refractivity contribution in [3.63, 3.8) is 0 Å². The second kappa shape index (κ2) is 5.97. The molecule has 0 spiro atoms. The number of aryl methyl sites for hydroxylation is 1. The van der Waals surface area contributed by atoms with Crippen molar-refractivity contribution in [2.24, 2.45) is 5.92 Å². The Kier molecular flexibility index (Phi) is 4.21. The summed E-state index contributed by atoms with van der Waals surface area (Å²) in [6.45, 7) is 1.64. The number of nitrogens with zero attached hydrogens (tertiary/aromatic N) is 3. The van der Waals surface area contributed by atoms with Gasteiger partial charge < -0.3 is 4.40 Å². The van der Waals surface area contributed by atoms with Crippen molar-refractivity contribution in [3.8, 4) is 6.07 Å². The van der Waals surface area contributed by atoms with E-state index < -0.39 is 17.8 Å². The van der Waals surface area contributed by atoms with Gasteiger partial charge in [-0.2, -0.15) is 18.4 Å². The minimum Gasteiger partial charge on any atom is -0.303 e. The Bertz CT molecular complexity index is 835. The smallest absolute Gasteiger partial charge is 0.303 e. The van der Waals surface area contributed by atoms with Gasteiger partial charge in [0.05, 0.1) is 17.3 Å². The van der Waals surface area contributed by atoms with Crippen LogP contribution in [0.4, 0.5) is 22.0 Å². The van der Waals surface area contributed by atoms with Gasteiger partial charge in [-0.3, -0.25) is 0 Å². The van der Waals surface area contributed by atoms with Gasteiger partial charge >= 0.3 is 6.18 Å². The molecule has 1 aliphatic carbocycles. The van der Waals surface area contributed by atoms with Crippen LogP contribution in [0.15, 0.2) is 12.3 Å². The molecule has 0 atom stereocenters. The Morgan fingerprint density at radius 1 is 1.32 bits per heavy atom. The number of hydrogen-bond donors (Lipinski definition) is 0. The summed E-state index contributed by atoms with van der Waals surface area (Å²) in [5, 5.41) is 9.04. The third-order valence-electron chi connectivity index (χ3n) is 4.77. The molecule has 3 rings (SSSR count). The molecule has 0 saturated heterocycles. The zero-order chi connectivity index (χ0) is 18.4. The number of halogens is 5. The van der Waals surface area contributed by atoms with Gasteiger partial charge in [-0.1, -0.05) is 0 Å². The maximum atomic E-state index is 13.4. The first-order valence-electron chi connectivity index (χ1n) is 7.97. The average molecular weight is 357 g/mol. The minimum atomic E-state index is -4.64. The maximum absolute atomic E-state index is 13.4. The molecule has 0 unspecified atom stereocenters. The molecule has 0 aliphatic heterocycles. The summed E-state index contributed by atoms with van der Waals surface area (Å²) in [5.41, 5.74) is -0.178. The first-order valence-corrected chi connectivity index (χ1v) is 7.97. The Labute approximate surface area is 141 Å². The van der Waals surface area contributed by atoms with Gasteiger partial charge in [0.25, 0.3) is 0 Å². The van der Waals surface area contributed by atoms with Crippen LogP contribution in [-0.4, -0.2) is 15.3 Å². The standard InChI is InChI=1S/C17H16F5N3/c1-10-9-25-13(6-11-2-4-16(18,19)5-3-11)15(17(20,21)22)24-14(25)7-12(10)8-23/h7,9,11H,2-6H2,1H3. The van der Waals surface area contributed by atoms with Crippen molar-refractivity contribution in [1.82, 2.24) is 9.38 Å². The summed E-state index contributed by atoms with van der Waals surface area (Å²) in [6.07, 6.45) is -3.36. The molecular formula is C17H16F5N3. The molecule has 2 aromatic rings. The topological polar surface area (TPSA) is 41.1 Å². The van der Waals surface area contributed by atoms with Crippen molar-refractivity contribution >= 4 is 5.65 Å². The van der Waals surface area contributed by atoms with Crippen molar-refractivity contribution in [2.75, 3.05) is 0 Å². The van der Waals surface area contributed by atoms with Gasteiger partial charge in [0.2, 0.25) is 5.92 Å². The highest BCUT2D eigenvalue weighted by molar-refractivity contribution is 5.52. The summed E-state index contributed by atoms with van der Waals surface area (Å²) < 4.78 is 68.1. The molecule has 134 valence electrons. The Morgan fingerprint density at radius 2 is 1.96 bits per heavy atom. The summed E-state index contributed by atoms with van der Waals surface area (Å²) in [7, 11) is 0. The molecule has 0 amide bonds. The first kappa shape index (κ1) is 17.6. The van der Waals surface area contributed by atoms with Gasteiger partial charge in [0.15, 0.2) is 5.69 Å². The summed E-state index contributed by atoms with van der Waals surface area (Å²) in [4.78, 5) is 3.67. The van der Waals surface area contributed by atoms with E-state index in [1.165, 1.54) is 16.7 Å². The molecule has 1 saturated carbocycles. The van der Waals surface area contributed by atoms with E-state index in [9.17, 15) is 22.0 Å². The highest BCUT2D eigenvalue weighted by Gasteiger charge is 2.40. The van der Waals surface area contributed by atoms with E-state index >= 15 is 0 Å². The monoisotopic (exact) mass is 357 g/mol. The van der Waals surface area contributed by atoms with E-state index in [-0.39, 0.29) is 54.9 Å². The molecule has 0 aromatic carbocycles. The fourth-order valence-corrected chi connectivity index (χ4v) is 3.36. The minimum absolute atomic E-state index is 0.0229. The van der Waals surface area contributed by atoms with Crippen LogP contribution in [0.1, 0.15) is 48.2 Å². The molecule has 3 nitrogen and oxygen atoms in total. The Hall–Kier alpha value is -2.17. The van der Waals surface area contributed by atoms with Gasteiger partial charge in [-0.25, -0.2) is 13.8 Å². The molecule has 0 bridgehead atoms. The zero-order valence-electron chi connectivity index (χ0n) is 13.5. The fraction of sp³-hybridized carbons (Fsp3) is 0.529. The molecule has 8 heteroatoms. The van der Waals surface area contributed by atoms with E-state index in [2.05, 4.69) is 4.98 Å². The Morgan fingerprint density at radius 3 is 2.52 bits per heavy atom. The number of nitriles is 1. The fourth-order valence-electron chi connectivity index (χ4n) is 3.36. The molecule has 1 aliphatic rings.